The van der Waals surface area contributed by atoms with E-state index in [2.05, 4.69) is 31.5 Å². The molecule has 0 aliphatic rings. The summed E-state index contributed by atoms with van der Waals surface area (Å²) in [7, 11) is -3.23. The van der Waals surface area contributed by atoms with Crippen LogP contribution in [-0.4, -0.2) is 25.6 Å². The van der Waals surface area contributed by atoms with Gasteiger partial charge in [-0.05, 0) is 55.0 Å². The molecule has 2 aromatic carbocycles. The summed E-state index contributed by atoms with van der Waals surface area (Å²) in [6, 6.07) is 12.0. The minimum atomic E-state index is -3.23. The Hall–Kier alpha value is -2.23. The smallest absolute Gasteiger partial charge is 0.275 e. The van der Waals surface area contributed by atoms with Crippen LogP contribution in [0.5, 0.6) is 0 Å². The molecule has 0 saturated heterocycles. The fourth-order valence-corrected chi connectivity index (χ4v) is 4.11. The van der Waals surface area contributed by atoms with Gasteiger partial charge in [0.2, 0.25) is 0 Å². The molecule has 27 heavy (non-hydrogen) atoms. The molecule has 0 aliphatic heterocycles. The van der Waals surface area contributed by atoms with Gasteiger partial charge in [-0.2, -0.15) is 0 Å². The maximum atomic E-state index is 12.4. The van der Waals surface area contributed by atoms with Gasteiger partial charge in [-0.25, -0.2) is 13.4 Å². The third-order valence-electron chi connectivity index (χ3n) is 3.71. The number of nitrogens with zero attached hydrogens (tertiary/aromatic N) is 1. The van der Waals surface area contributed by atoms with Crippen molar-refractivity contribution >= 4 is 59.5 Å². The van der Waals surface area contributed by atoms with Gasteiger partial charge in [0, 0.05) is 27.5 Å². The number of aryl methyl sites for hydroxylation is 1. The van der Waals surface area contributed by atoms with Crippen molar-refractivity contribution < 1.29 is 13.2 Å². The first-order chi connectivity index (χ1) is 12.7. The van der Waals surface area contributed by atoms with Crippen LogP contribution in [0.2, 0.25) is 0 Å². The van der Waals surface area contributed by atoms with E-state index in [1.807, 2.05) is 25.1 Å². The molecular weight excluding hydrogens is 450 g/mol. The maximum Gasteiger partial charge on any atom is 0.275 e. The number of benzene rings is 2. The van der Waals surface area contributed by atoms with Gasteiger partial charge < -0.3 is 10.6 Å². The number of hydrogen-bond acceptors (Lipinski definition) is 6. The van der Waals surface area contributed by atoms with E-state index in [0.29, 0.717) is 16.5 Å². The van der Waals surface area contributed by atoms with Crippen LogP contribution < -0.4 is 10.6 Å². The van der Waals surface area contributed by atoms with E-state index in [-0.39, 0.29) is 10.8 Å². The molecule has 6 nitrogen and oxygen atoms in total. The average molecular weight is 466 g/mol. The standard InChI is InChI=1S/C18H16BrN3O3S2/c1-11-9-12(19)3-8-15(11)21-17(23)16-10-26-18(22-16)20-13-4-6-14(7-5-13)27(2,24)25/h3-10H,1-2H3,(H,20,22)(H,21,23). The lowest BCUT2D eigenvalue weighted by Crippen LogP contribution is -2.13. The molecule has 1 amide bonds. The van der Waals surface area contributed by atoms with E-state index in [1.165, 1.54) is 23.5 Å². The largest absolute Gasteiger partial charge is 0.332 e. The van der Waals surface area contributed by atoms with Crippen molar-refractivity contribution in [3.63, 3.8) is 0 Å². The second-order valence-corrected chi connectivity index (χ2v) is 9.66. The van der Waals surface area contributed by atoms with Gasteiger partial charge in [0.05, 0.1) is 4.90 Å². The van der Waals surface area contributed by atoms with Crippen LogP contribution in [-0.2, 0) is 9.84 Å². The normalized spacial score (nSPS) is 11.2. The highest BCUT2D eigenvalue weighted by Crippen LogP contribution is 2.24. The number of nitrogens with one attached hydrogen (secondary N) is 2. The minimum absolute atomic E-state index is 0.247. The molecule has 2 N–H and O–H groups in total. The van der Waals surface area contributed by atoms with Gasteiger partial charge in [-0.15, -0.1) is 11.3 Å². The van der Waals surface area contributed by atoms with E-state index >= 15 is 0 Å². The fraction of sp³-hybridized carbons (Fsp3) is 0.111. The highest BCUT2D eigenvalue weighted by molar-refractivity contribution is 9.10. The molecule has 0 radical (unpaired) electrons. The number of aromatic nitrogens is 1. The Morgan fingerprint density at radius 1 is 1.15 bits per heavy atom. The topological polar surface area (TPSA) is 88.2 Å². The number of hydrogen-bond donors (Lipinski definition) is 2. The van der Waals surface area contributed by atoms with Gasteiger partial charge in [0.15, 0.2) is 15.0 Å². The van der Waals surface area contributed by atoms with E-state index in [4.69, 9.17) is 0 Å². The summed E-state index contributed by atoms with van der Waals surface area (Å²) in [6.45, 7) is 1.91. The predicted molar refractivity (Wildman–Crippen MR) is 112 cm³/mol. The molecule has 0 atom stereocenters. The lowest BCUT2D eigenvalue weighted by molar-refractivity contribution is 0.102. The van der Waals surface area contributed by atoms with Crippen LogP contribution in [0.25, 0.3) is 0 Å². The quantitative estimate of drug-likeness (QED) is 0.573. The van der Waals surface area contributed by atoms with Gasteiger partial charge in [-0.3, -0.25) is 4.79 Å². The second kappa shape index (κ2) is 7.79. The van der Waals surface area contributed by atoms with Crippen LogP contribution in [0.1, 0.15) is 16.1 Å². The summed E-state index contributed by atoms with van der Waals surface area (Å²) in [5, 5.41) is 8.12. The number of sulfone groups is 1. The van der Waals surface area contributed by atoms with Crippen molar-refractivity contribution in [3.05, 3.63) is 63.6 Å². The monoisotopic (exact) mass is 465 g/mol. The molecule has 1 aromatic heterocycles. The van der Waals surface area contributed by atoms with Crippen molar-refractivity contribution in [3.8, 4) is 0 Å². The van der Waals surface area contributed by atoms with E-state index < -0.39 is 9.84 Å². The highest BCUT2D eigenvalue weighted by Gasteiger charge is 2.13. The Labute approximate surface area is 169 Å². The lowest BCUT2D eigenvalue weighted by atomic mass is 10.2. The molecule has 3 aromatic rings. The summed E-state index contributed by atoms with van der Waals surface area (Å²) < 4.78 is 23.9. The predicted octanol–water partition coefficient (Wildman–Crippen LogP) is 4.61. The second-order valence-electron chi connectivity index (χ2n) is 5.87. The number of amides is 1. The van der Waals surface area contributed by atoms with Crippen molar-refractivity contribution in [2.45, 2.75) is 11.8 Å². The van der Waals surface area contributed by atoms with Crippen molar-refractivity contribution in [2.24, 2.45) is 0 Å². The summed E-state index contributed by atoms with van der Waals surface area (Å²) in [6.07, 6.45) is 1.16. The Morgan fingerprint density at radius 2 is 1.85 bits per heavy atom. The van der Waals surface area contributed by atoms with Crippen LogP contribution in [0.15, 0.2) is 57.2 Å². The summed E-state index contributed by atoms with van der Waals surface area (Å²) in [5.41, 5.74) is 2.66. The number of halogens is 1. The van der Waals surface area contributed by atoms with Crippen molar-refractivity contribution in [1.82, 2.24) is 4.98 Å². The zero-order chi connectivity index (χ0) is 19.6. The third-order valence-corrected chi connectivity index (χ3v) is 6.09. The molecule has 0 fully saturated rings. The third kappa shape index (κ3) is 4.94. The molecule has 0 bridgehead atoms. The van der Waals surface area contributed by atoms with Crippen LogP contribution in [0.3, 0.4) is 0 Å². The van der Waals surface area contributed by atoms with Gasteiger partial charge in [0.1, 0.15) is 5.69 Å². The van der Waals surface area contributed by atoms with Gasteiger partial charge in [-0.1, -0.05) is 15.9 Å². The molecule has 0 spiro atoms. The van der Waals surface area contributed by atoms with E-state index in [0.717, 1.165) is 22.0 Å². The Bertz CT molecular complexity index is 1090. The SMILES string of the molecule is Cc1cc(Br)ccc1NC(=O)c1csc(Nc2ccc(S(C)(=O)=O)cc2)n1. The first kappa shape index (κ1) is 19.5. The van der Waals surface area contributed by atoms with Gasteiger partial charge >= 0.3 is 0 Å². The first-order valence-corrected chi connectivity index (χ1v) is 11.4. The number of carbonyl (C=O) groups is 1. The molecule has 0 unspecified atom stereocenters. The molecule has 3 rings (SSSR count). The minimum Gasteiger partial charge on any atom is -0.332 e. The summed E-state index contributed by atoms with van der Waals surface area (Å²) in [5.74, 6) is -0.294. The summed E-state index contributed by atoms with van der Waals surface area (Å²) in [4.78, 5) is 16.9. The van der Waals surface area contributed by atoms with E-state index in [1.54, 1.807) is 17.5 Å². The first-order valence-electron chi connectivity index (χ1n) is 7.82. The lowest BCUT2D eigenvalue weighted by Gasteiger charge is -2.07. The number of anilines is 3. The maximum absolute atomic E-state index is 12.4. The Morgan fingerprint density at radius 3 is 2.48 bits per heavy atom. The number of rotatable bonds is 5. The summed E-state index contributed by atoms with van der Waals surface area (Å²) >= 11 is 4.68. The highest BCUT2D eigenvalue weighted by atomic mass is 79.9. The number of thiazole rings is 1. The Kier molecular flexibility index (Phi) is 5.64. The Balaban J connectivity index is 1.70. The average Bonchev–Trinajstić information content (AvgIpc) is 3.06. The molecule has 0 saturated carbocycles. The molecule has 0 aliphatic carbocycles. The molecule has 9 heteroatoms. The zero-order valence-electron chi connectivity index (χ0n) is 14.5. The van der Waals surface area contributed by atoms with E-state index in [9.17, 15) is 13.2 Å². The van der Waals surface area contributed by atoms with Crippen molar-refractivity contribution in [2.75, 3.05) is 16.9 Å². The van der Waals surface area contributed by atoms with Crippen LogP contribution >= 0.6 is 27.3 Å². The van der Waals surface area contributed by atoms with Crippen molar-refractivity contribution in [1.29, 1.82) is 0 Å². The molecule has 1 heterocycles. The molecule has 140 valence electrons. The molecular formula is C18H16BrN3O3S2. The van der Waals surface area contributed by atoms with Crippen LogP contribution in [0.4, 0.5) is 16.5 Å². The fourth-order valence-electron chi connectivity index (χ4n) is 2.30. The van der Waals surface area contributed by atoms with Crippen LogP contribution in [0, 0.1) is 6.92 Å². The number of carbonyl (C=O) groups excluding carboxylic acids is 1. The van der Waals surface area contributed by atoms with Gasteiger partial charge in [0.25, 0.3) is 5.91 Å². The zero-order valence-corrected chi connectivity index (χ0v) is 17.7.